The Kier molecular flexibility index (Phi) is 2.78. The van der Waals surface area contributed by atoms with Gasteiger partial charge in [-0.1, -0.05) is 17.7 Å². The van der Waals surface area contributed by atoms with Crippen LogP contribution in [0.25, 0.3) is 5.69 Å². The van der Waals surface area contributed by atoms with Gasteiger partial charge in [0.05, 0.1) is 17.3 Å². The van der Waals surface area contributed by atoms with Crippen LogP contribution >= 0.6 is 11.6 Å². The van der Waals surface area contributed by atoms with Crippen molar-refractivity contribution >= 4 is 11.6 Å². The molecule has 0 aliphatic carbocycles. The number of nitrogens with zero attached hydrogens (tertiary/aromatic N) is 2. The molecule has 0 saturated carbocycles. The third-order valence-electron chi connectivity index (χ3n) is 2.44. The molecule has 0 atom stereocenters. The van der Waals surface area contributed by atoms with E-state index < -0.39 is 0 Å². The lowest BCUT2D eigenvalue weighted by Gasteiger charge is -2.00. The fourth-order valence-electron chi connectivity index (χ4n) is 1.46. The molecule has 78 valence electrons. The topological polar surface area (TPSA) is 17.8 Å². The fraction of sp³-hybridized carbons (Fsp3) is 0.250. The van der Waals surface area contributed by atoms with E-state index in [0.717, 1.165) is 16.9 Å². The summed E-state index contributed by atoms with van der Waals surface area (Å²) in [7, 11) is 0. The zero-order valence-electron chi connectivity index (χ0n) is 8.87. The minimum absolute atomic E-state index is 0.512. The number of halogens is 1. The van der Waals surface area contributed by atoms with Crippen LogP contribution in [0, 0.1) is 13.8 Å². The average Bonchev–Trinajstić information content (AvgIpc) is 2.61. The second kappa shape index (κ2) is 4.07. The summed E-state index contributed by atoms with van der Waals surface area (Å²) in [6, 6.07) is 8.26. The van der Waals surface area contributed by atoms with Crippen molar-refractivity contribution in [2.75, 3.05) is 0 Å². The van der Waals surface area contributed by atoms with E-state index in [-0.39, 0.29) is 0 Å². The molecule has 1 aromatic heterocycles. The molecule has 0 bridgehead atoms. The number of benzene rings is 1. The highest BCUT2D eigenvalue weighted by atomic mass is 35.5. The number of aromatic nitrogens is 2. The molecule has 1 aromatic carbocycles. The van der Waals surface area contributed by atoms with Crippen molar-refractivity contribution in [1.82, 2.24) is 9.78 Å². The molecule has 0 amide bonds. The summed E-state index contributed by atoms with van der Waals surface area (Å²) >= 11 is 5.80. The maximum Gasteiger partial charge on any atom is 0.0645 e. The summed E-state index contributed by atoms with van der Waals surface area (Å²) in [5, 5.41) is 4.41. The van der Waals surface area contributed by atoms with Crippen LogP contribution in [0.4, 0.5) is 0 Å². The van der Waals surface area contributed by atoms with Gasteiger partial charge in [0.15, 0.2) is 0 Å². The van der Waals surface area contributed by atoms with Crippen LogP contribution in [-0.2, 0) is 5.88 Å². The van der Waals surface area contributed by atoms with Crippen LogP contribution < -0.4 is 0 Å². The zero-order valence-corrected chi connectivity index (χ0v) is 9.62. The molecule has 0 saturated heterocycles. The Balaban J connectivity index is 2.41. The normalized spacial score (nSPS) is 10.6. The number of hydrogen-bond acceptors (Lipinski definition) is 1. The SMILES string of the molecule is Cc1ccc(-n2cc(CCl)c(C)n2)cc1. The summed E-state index contributed by atoms with van der Waals surface area (Å²) < 4.78 is 1.87. The van der Waals surface area contributed by atoms with E-state index in [1.165, 1.54) is 5.56 Å². The average molecular weight is 221 g/mol. The molecule has 2 rings (SSSR count). The highest BCUT2D eigenvalue weighted by molar-refractivity contribution is 6.17. The quantitative estimate of drug-likeness (QED) is 0.711. The predicted molar refractivity (Wildman–Crippen MR) is 62.6 cm³/mol. The standard InChI is InChI=1S/C12H13ClN2/c1-9-3-5-12(6-4-9)15-8-11(7-13)10(2)14-15/h3-6,8H,7H2,1-2H3. The maximum absolute atomic E-state index is 5.80. The van der Waals surface area contributed by atoms with Crippen molar-refractivity contribution in [3.8, 4) is 5.69 Å². The van der Waals surface area contributed by atoms with Crippen LogP contribution in [0.15, 0.2) is 30.5 Å². The Bertz CT molecular complexity index is 457. The second-order valence-electron chi connectivity index (χ2n) is 3.65. The minimum Gasteiger partial charge on any atom is -0.240 e. The zero-order chi connectivity index (χ0) is 10.8. The van der Waals surface area contributed by atoms with Gasteiger partial charge in [0, 0.05) is 11.8 Å². The van der Waals surface area contributed by atoms with E-state index in [9.17, 15) is 0 Å². The largest absolute Gasteiger partial charge is 0.240 e. The number of rotatable bonds is 2. The van der Waals surface area contributed by atoms with Gasteiger partial charge in [-0.15, -0.1) is 11.6 Å². The molecule has 0 unspecified atom stereocenters. The lowest BCUT2D eigenvalue weighted by molar-refractivity contribution is 0.862. The van der Waals surface area contributed by atoms with E-state index in [0.29, 0.717) is 5.88 Å². The minimum atomic E-state index is 0.512. The lowest BCUT2D eigenvalue weighted by Crippen LogP contribution is -1.94. The second-order valence-corrected chi connectivity index (χ2v) is 3.92. The summed E-state index contributed by atoms with van der Waals surface area (Å²) in [5.41, 5.74) is 4.39. The van der Waals surface area contributed by atoms with Crippen LogP contribution in [0.3, 0.4) is 0 Å². The first kappa shape index (κ1) is 10.2. The molecule has 1 heterocycles. The Hall–Kier alpha value is -1.28. The monoisotopic (exact) mass is 220 g/mol. The van der Waals surface area contributed by atoms with Gasteiger partial charge in [-0.2, -0.15) is 5.10 Å². The Morgan fingerprint density at radius 3 is 2.40 bits per heavy atom. The molecule has 0 spiro atoms. The van der Waals surface area contributed by atoms with E-state index in [1.807, 2.05) is 17.8 Å². The summed E-state index contributed by atoms with van der Waals surface area (Å²) in [6.45, 7) is 4.05. The number of alkyl halides is 1. The number of hydrogen-bond donors (Lipinski definition) is 0. The van der Waals surface area contributed by atoms with Gasteiger partial charge in [-0.25, -0.2) is 4.68 Å². The Morgan fingerprint density at radius 2 is 1.87 bits per heavy atom. The first-order valence-corrected chi connectivity index (χ1v) is 5.42. The van der Waals surface area contributed by atoms with Gasteiger partial charge < -0.3 is 0 Å². The van der Waals surface area contributed by atoms with Gasteiger partial charge in [-0.3, -0.25) is 0 Å². The number of aryl methyl sites for hydroxylation is 2. The van der Waals surface area contributed by atoms with Gasteiger partial charge in [0.1, 0.15) is 0 Å². The summed E-state index contributed by atoms with van der Waals surface area (Å²) in [4.78, 5) is 0. The molecule has 2 aromatic rings. The lowest BCUT2D eigenvalue weighted by atomic mass is 10.2. The summed E-state index contributed by atoms with van der Waals surface area (Å²) in [5.74, 6) is 0.512. The highest BCUT2D eigenvalue weighted by Gasteiger charge is 2.04. The van der Waals surface area contributed by atoms with E-state index in [1.54, 1.807) is 0 Å². The predicted octanol–water partition coefficient (Wildman–Crippen LogP) is 3.23. The molecule has 0 radical (unpaired) electrons. The molecule has 2 nitrogen and oxygen atoms in total. The maximum atomic E-state index is 5.80. The van der Waals surface area contributed by atoms with Crippen LogP contribution in [0.1, 0.15) is 16.8 Å². The molecule has 15 heavy (non-hydrogen) atoms. The highest BCUT2D eigenvalue weighted by Crippen LogP contribution is 2.14. The molecular formula is C12H13ClN2. The molecule has 0 fully saturated rings. The van der Waals surface area contributed by atoms with E-state index in [4.69, 9.17) is 11.6 Å². The van der Waals surface area contributed by atoms with Crippen LogP contribution in [0.5, 0.6) is 0 Å². The summed E-state index contributed by atoms with van der Waals surface area (Å²) in [6.07, 6.45) is 1.98. The van der Waals surface area contributed by atoms with Crippen LogP contribution in [-0.4, -0.2) is 9.78 Å². The molecular weight excluding hydrogens is 208 g/mol. The molecule has 0 aliphatic heterocycles. The van der Waals surface area contributed by atoms with E-state index >= 15 is 0 Å². The smallest absolute Gasteiger partial charge is 0.0645 e. The van der Waals surface area contributed by atoms with Gasteiger partial charge in [-0.05, 0) is 26.0 Å². The van der Waals surface area contributed by atoms with Crippen molar-refractivity contribution < 1.29 is 0 Å². The van der Waals surface area contributed by atoms with E-state index in [2.05, 4.69) is 36.3 Å². The third-order valence-corrected chi connectivity index (χ3v) is 2.73. The molecule has 0 N–H and O–H groups in total. The molecule has 0 aliphatic rings. The fourth-order valence-corrected chi connectivity index (χ4v) is 1.72. The third kappa shape index (κ3) is 2.05. The van der Waals surface area contributed by atoms with Gasteiger partial charge in [0.25, 0.3) is 0 Å². The van der Waals surface area contributed by atoms with Gasteiger partial charge >= 0.3 is 0 Å². The first-order valence-electron chi connectivity index (χ1n) is 4.89. The van der Waals surface area contributed by atoms with Crippen molar-refractivity contribution in [2.45, 2.75) is 19.7 Å². The van der Waals surface area contributed by atoms with Gasteiger partial charge in [0.2, 0.25) is 0 Å². The Labute approximate surface area is 94.5 Å². The van der Waals surface area contributed by atoms with Crippen molar-refractivity contribution in [1.29, 1.82) is 0 Å². The van der Waals surface area contributed by atoms with Crippen molar-refractivity contribution in [3.05, 3.63) is 47.3 Å². The molecule has 3 heteroatoms. The van der Waals surface area contributed by atoms with Crippen molar-refractivity contribution in [2.24, 2.45) is 0 Å². The van der Waals surface area contributed by atoms with Crippen molar-refractivity contribution in [3.63, 3.8) is 0 Å². The van der Waals surface area contributed by atoms with Crippen LogP contribution in [0.2, 0.25) is 0 Å². The first-order chi connectivity index (χ1) is 7.20. The Morgan fingerprint density at radius 1 is 1.20 bits per heavy atom.